The maximum Gasteiger partial charge on any atom is 0.373 e. The molecule has 2 aromatic rings. The zero-order valence-corrected chi connectivity index (χ0v) is 11.8. The third-order valence-electron chi connectivity index (χ3n) is 3.18. The van der Waals surface area contributed by atoms with E-state index in [1.165, 1.54) is 12.7 Å². The van der Waals surface area contributed by atoms with Gasteiger partial charge < -0.3 is 14.5 Å². The van der Waals surface area contributed by atoms with E-state index in [-0.39, 0.29) is 11.8 Å². The third-order valence-corrected chi connectivity index (χ3v) is 3.18. The first kappa shape index (κ1) is 14.3. The monoisotopic (exact) mass is 274 g/mol. The fraction of sp³-hybridized carbons (Fsp3) is 0.333. The van der Waals surface area contributed by atoms with Gasteiger partial charge in [-0.15, -0.1) is 0 Å². The molecule has 5 nitrogen and oxygen atoms in total. The topological polar surface area (TPSA) is 64.4 Å². The lowest BCUT2D eigenvalue weighted by Crippen LogP contribution is -2.18. The molecule has 0 amide bonds. The van der Waals surface area contributed by atoms with Crippen molar-refractivity contribution in [3.63, 3.8) is 0 Å². The van der Waals surface area contributed by atoms with Crippen molar-refractivity contribution in [3.8, 4) is 0 Å². The molecule has 5 heteroatoms. The van der Waals surface area contributed by atoms with Crippen molar-refractivity contribution >= 4 is 5.97 Å². The average Bonchev–Trinajstić information content (AvgIpc) is 2.95. The van der Waals surface area contributed by atoms with Crippen LogP contribution in [0.25, 0.3) is 0 Å². The highest BCUT2D eigenvalue weighted by atomic mass is 16.5. The molecule has 0 saturated carbocycles. The summed E-state index contributed by atoms with van der Waals surface area (Å²) in [6, 6.07) is 5.39. The Hall–Kier alpha value is -2.14. The number of esters is 1. The van der Waals surface area contributed by atoms with Crippen LogP contribution in [0.4, 0.5) is 0 Å². The Bertz CT molecular complexity index is 592. The number of furan rings is 1. The number of aryl methyl sites for hydroxylation is 1. The summed E-state index contributed by atoms with van der Waals surface area (Å²) in [6.07, 6.45) is 3.61. The zero-order chi connectivity index (χ0) is 14.5. The molecule has 2 aromatic heterocycles. The summed E-state index contributed by atoms with van der Waals surface area (Å²) in [6.45, 7) is 4.72. The fourth-order valence-electron chi connectivity index (χ4n) is 1.86. The summed E-state index contributed by atoms with van der Waals surface area (Å²) < 4.78 is 10.1. The van der Waals surface area contributed by atoms with Crippen LogP contribution in [-0.2, 0) is 11.3 Å². The molecule has 0 radical (unpaired) electrons. The first-order valence-corrected chi connectivity index (χ1v) is 6.42. The van der Waals surface area contributed by atoms with Crippen LogP contribution in [0, 0.1) is 6.92 Å². The number of hydrogen-bond acceptors (Lipinski definition) is 5. The molecule has 0 aliphatic heterocycles. The van der Waals surface area contributed by atoms with Gasteiger partial charge in [-0.3, -0.25) is 4.98 Å². The van der Waals surface area contributed by atoms with Crippen LogP contribution in [0.2, 0.25) is 0 Å². The van der Waals surface area contributed by atoms with Crippen molar-refractivity contribution in [1.82, 2.24) is 10.3 Å². The molecule has 2 heterocycles. The number of carbonyl (C=O) groups excluding carboxylic acids is 1. The van der Waals surface area contributed by atoms with E-state index in [2.05, 4.69) is 15.0 Å². The molecule has 106 valence electrons. The summed E-state index contributed by atoms with van der Waals surface area (Å²) in [5.41, 5.74) is 2.33. The van der Waals surface area contributed by atoms with Gasteiger partial charge in [-0.1, -0.05) is 0 Å². The van der Waals surface area contributed by atoms with Crippen molar-refractivity contribution in [1.29, 1.82) is 0 Å². The van der Waals surface area contributed by atoms with Crippen molar-refractivity contribution in [2.45, 2.75) is 26.4 Å². The second-order valence-electron chi connectivity index (χ2n) is 4.60. The Morgan fingerprint density at radius 2 is 2.25 bits per heavy atom. The zero-order valence-electron chi connectivity index (χ0n) is 11.8. The van der Waals surface area contributed by atoms with Gasteiger partial charge in [-0.05, 0) is 43.2 Å². The van der Waals surface area contributed by atoms with Gasteiger partial charge in [0.15, 0.2) is 0 Å². The standard InChI is InChI=1S/C15H18N2O3/c1-10-8-16-7-6-12(10)9-17-11(2)13-4-5-14(20-13)15(18)19-3/h4-8,11,17H,9H2,1-3H3. The molecule has 0 fully saturated rings. The smallest absolute Gasteiger partial charge is 0.373 e. The minimum absolute atomic E-state index is 0.000899. The number of nitrogens with zero attached hydrogens (tertiary/aromatic N) is 1. The summed E-state index contributed by atoms with van der Waals surface area (Å²) in [5, 5.41) is 3.35. The number of pyridine rings is 1. The van der Waals surface area contributed by atoms with Gasteiger partial charge in [0.05, 0.1) is 13.2 Å². The molecule has 1 atom stereocenters. The molecule has 0 bridgehead atoms. The molecule has 0 aliphatic carbocycles. The summed E-state index contributed by atoms with van der Waals surface area (Å²) in [5.74, 6) is 0.460. The maximum absolute atomic E-state index is 11.3. The van der Waals surface area contributed by atoms with Crippen LogP contribution < -0.4 is 5.32 Å². The van der Waals surface area contributed by atoms with Crippen LogP contribution >= 0.6 is 0 Å². The fourth-order valence-corrected chi connectivity index (χ4v) is 1.86. The van der Waals surface area contributed by atoms with Crippen molar-refractivity contribution in [2.75, 3.05) is 7.11 Å². The Morgan fingerprint density at radius 3 is 2.95 bits per heavy atom. The second kappa shape index (κ2) is 6.34. The Morgan fingerprint density at radius 1 is 1.45 bits per heavy atom. The van der Waals surface area contributed by atoms with E-state index in [1.54, 1.807) is 18.3 Å². The first-order chi connectivity index (χ1) is 9.61. The average molecular weight is 274 g/mol. The molecule has 0 saturated heterocycles. The lowest BCUT2D eigenvalue weighted by molar-refractivity contribution is 0.0562. The van der Waals surface area contributed by atoms with Gasteiger partial charge in [-0.2, -0.15) is 0 Å². The predicted molar refractivity (Wildman–Crippen MR) is 74.3 cm³/mol. The van der Waals surface area contributed by atoms with E-state index in [9.17, 15) is 4.79 Å². The predicted octanol–water partition coefficient (Wildman–Crippen LogP) is 2.62. The SMILES string of the molecule is COC(=O)c1ccc(C(C)NCc2ccncc2C)o1. The number of nitrogens with one attached hydrogen (secondary N) is 1. The lowest BCUT2D eigenvalue weighted by Gasteiger charge is -2.12. The lowest BCUT2D eigenvalue weighted by atomic mass is 10.1. The summed E-state index contributed by atoms with van der Waals surface area (Å²) >= 11 is 0. The van der Waals surface area contributed by atoms with Gasteiger partial charge in [0, 0.05) is 18.9 Å². The van der Waals surface area contributed by atoms with Crippen LogP contribution in [0.15, 0.2) is 35.0 Å². The molecule has 1 N–H and O–H groups in total. The minimum atomic E-state index is -0.464. The molecule has 1 unspecified atom stereocenters. The van der Waals surface area contributed by atoms with Gasteiger partial charge >= 0.3 is 5.97 Å². The second-order valence-corrected chi connectivity index (χ2v) is 4.60. The van der Waals surface area contributed by atoms with Crippen LogP contribution in [-0.4, -0.2) is 18.1 Å². The van der Waals surface area contributed by atoms with E-state index in [1.807, 2.05) is 26.1 Å². The molecular weight excluding hydrogens is 256 g/mol. The molecule has 0 spiro atoms. The Kier molecular flexibility index (Phi) is 4.53. The summed E-state index contributed by atoms with van der Waals surface area (Å²) in [4.78, 5) is 15.4. The molecule has 20 heavy (non-hydrogen) atoms. The van der Waals surface area contributed by atoms with E-state index in [0.717, 1.165) is 5.56 Å². The van der Waals surface area contributed by atoms with E-state index < -0.39 is 5.97 Å². The largest absolute Gasteiger partial charge is 0.463 e. The van der Waals surface area contributed by atoms with Gasteiger partial charge in [0.2, 0.25) is 5.76 Å². The minimum Gasteiger partial charge on any atom is -0.463 e. The van der Waals surface area contributed by atoms with Gasteiger partial charge in [0.25, 0.3) is 0 Å². The number of rotatable bonds is 5. The number of ether oxygens (including phenoxy) is 1. The molecule has 0 aliphatic rings. The molecule has 2 rings (SSSR count). The normalized spacial score (nSPS) is 12.2. The van der Waals surface area contributed by atoms with E-state index in [4.69, 9.17) is 4.42 Å². The van der Waals surface area contributed by atoms with Crippen molar-refractivity contribution in [3.05, 3.63) is 53.2 Å². The van der Waals surface area contributed by atoms with E-state index >= 15 is 0 Å². The van der Waals surface area contributed by atoms with E-state index in [0.29, 0.717) is 12.3 Å². The first-order valence-electron chi connectivity index (χ1n) is 6.42. The van der Waals surface area contributed by atoms with Gasteiger partial charge in [-0.25, -0.2) is 4.79 Å². The molecular formula is C15H18N2O3. The highest BCUT2D eigenvalue weighted by molar-refractivity contribution is 5.86. The maximum atomic E-state index is 11.3. The quantitative estimate of drug-likeness (QED) is 0.849. The highest BCUT2D eigenvalue weighted by Gasteiger charge is 2.15. The third kappa shape index (κ3) is 3.24. The van der Waals surface area contributed by atoms with Crippen LogP contribution in [0.1, 0.15) is 40.4 Å². The van der Waals surface area contributed by atoms with Crippen LogP contribution in [0.3, 0.4) is 0 Å². The number of carbonyl (C=O) groups is 1. The van der Waals surface area contributed by atoms with Gasteiger partial charge in [0.1, 0.15) is 5.76 Å². The van der Waals surface area contributed by atoms with Crippen LogP contribution in [0.5, 0.6) is 0 Å². The number of methoxy groups -OCH3 is 1. The number of hydrogen-bond donors (Lipinski definition) is 1. The Labute approximate surface area is 118 Å². The summed E-state index contributed by atoms with van der Waals surface area (Å²) in [7, 11) is 1.33. The highest BCUT2D eigenvalue weighted by Crippen LogP contribution is 2.17. The number of aromatic nitrogens is 1. The Balaban J connectivity index is 1.98. The molecule has 0 aromatic carbocycles. The van der Waals surface area contributed by atoms with Crippen molar-refractivity contribution in [2.24, 2.45) is 0 Å². The van der Waals surface area contributed by atoms with Crippen molar-refractivity contribution < 1.29 is 13.9 Å².